The summed E-state index contributed by atoms with van der Waals surface area (Å²) in [5.74, 6) is 0.751. The van der Waals surface area contributed by atoms with Crippen molar-refractivity contribution in [3.8, 4) is 0 Å². The van der Waals surface area contributed by atoms with E-state index in [2.05, 4.69) is 21.3 Å². The molecule has 0 saturated carbocycles. The van der Waals surface area contributed by atoms with Gasteiger partial charge >= 0.3 is 0 Å². The van der Waals surface area contributed by atoms with Crippen LogP contribution in [-0.2, 0) is 6.42 Å². The molecule has 3 nitrogen and oxygen atoms in total. The minimum Gasteiger partial charge on any atom is -0.221 e. The van der Waals surface area contributed by atoms with Crippen molar-refractivity contribution < 1.29 is 0 Å². The van der Waals surface area contributed by atoms with Crippen LogP contribution in [0.1, 0.15) is 11.4 Å². The van der Waals surface area contributed by atoms with Crippen molar-refractivity contribution in [1.29, 1.82) is 0 Å². The third-order valence-electron chi connectivity index (χ3n) is 1.71. The summed E-state index contributed by atoms with van der Waals surface area (Å²) in [6.45, 7) is 0. The Morgan fingerprint density at radius 1 is 1.15 bits per heavy atom. The molecule has 2 aromatic rings. The number of hydrogen-bond acceptors (Lipinski definition) is 3. The van der Waals surface area contributed by atoms with Gasteiger partial charge in [0.15, 0.2) is 0 Å². The third kappa shape index (κ3) is 2.08. The topological polar surface area (TPSA) is 38.7 Å². The predicted molar refractivity (Wildman–Crippen MR) is 47.9 cm³/mol. The van der Waals surface area contributed by atoms with E-state index in [9.17, 15) is 0 Å². The Hall–Kier alpha value is -1.77. The molecule has 0 aliphatic rings. The van der Waals surface area contributed by atoms with Crippen LogP contribution in [0.5, 0.6) is 0 Å². The highest BCUT2D eigenvalue weighted by Crippen LogP contribution is 2.02. The van der Waals surface area contributed by atoms with Gasteiger partial charge in [0.05, 0.1) is 0 Å². The lowest BCUT2D eigenvalue weighted by molar-refractivity contribution is 0.910. The van der Waals surface area contributed by atoms with E-state index < -0.39 is 0 Å². The van der Waals surface area contributed by atoms with E-state index in [1.807, 2.05) is 30.3 Å². The Labute approximate surface area is 76.5 Å². The van der Waals surface area contributed by atoms with Gasteiger partial charge in [0.25, 0.3) is 0 Å². The molecular formula is C10H8N3. The highest BCUT2D eigenvalue weighted by molar-refractivity contribution is 5.18. The first-order valence-corrected chi connectivity index (χ1v) is 4.03. The molecule has 0 amide bonds. The maximum atomic E-state index is 4.02. The molecule has 1 radical (unpaired) electrons. The van der Waals surface area contributed by atoms with Crippen molar-refractivity contribution in [3.05, 3.63) is 54.4 Å². The molecule has 0 aliphatic carbocycles. The maximum Gasteiger partial charge on any atom is 0.201 e. The number of aromatic nitrogens is 3. The smallest absolute Gasteiger partial charge is 0.201 e. The summed E-state index contributed by atoms with van der Waals surface area (Å²) in [4.78, 5) is 11.6. The second kappa shape index (κ2) is 3.76. The molecule has 1 aromatic carbocycles. The number of rotatable bonds is 2. The van der Waals surface area contributed by atoms with Gasteiger partial charge < -0.3 is 0 Å². The molecule has 0 atom stereocenters. The Morgan fingerprint density at radius 2 is 2.00 bits per heavy atom. The van der Waals surface area contributed by atoms with Crippen LogP contribution in [0.2, 0.25) is 0 Å². The lowest BCUT2D eigenvalue weighted by Crippen LogP contribution is -1.96. The second-order valence-corrected chi connectivity index (χ2v) is 2.66. The van der Waals surface area contributed by atoms with Crippen molar-refractivity contribution in [2.24, 2.45) is 0 Å². The van der Waals surface area contributed by atoms with Gasteiger partial charge in [-0.1, -0.05) is 30.3 Å². The molecule has 0 fully saturated rings. The molecule has 0 spiro atoms. The molecule has 63 valence electrons. The van der Waals surface area contributed by atoms with Crippen LogP contribution >= 0.6 is 0 Å². The summed E-state index contributed by atoms with van der Waals surface area (Å²) in [5.41, 5.74) is 1.20. The fourth-order valence-corrected chi connectivity index (χ4v) is 1.10. The minimum absolute atomic E-state index is 0.736. The molecule has 13 heavy (non-hydrogen) atoms. The highest BCUT2D eigenvalue weighted by atomic mass is 15.0. The van der Waals surface area contributed by atoms with E-state index in [1.165, 1.54) is 11.9 Å². The van der Waals surface area contributed by atoms with Crippen LogP contribution < -0.4 is 0 Å². The molecular weight excluding hydrogens is 162 g/mol. The Morgan fingerprint density at radius 3 is 2.69 bits per heavy atom. The second-order valence-electron chi connectivity index (χ2n) is 2.66. The highest BCUT2D eigenvalue weighted by Gasteiger charge is 1.96. The summed E-state index contributed by atoms with van der Waals surface area (Å²) in [6, 6.07) is 10.1. The lowest BCUT2D eigenvalue weighted by Gasteiger charge is -1.97. The largest absolute Gasteiger partial charge is 0.221 e. The molecule has 3 heteroatoms. The quantitative estimate of drug-likeness (QED) is 0.681. The van der Waals surface area contributed by atoms with Gasteiger partial charge in [0, 0.05) is 6.42 Å². The van der Waals surface area contributed by atoms with Crippen molar-refractivity contribution in [1.82, 2.24) is 15.0 Å². The van der Waals surface area contributed by atoms with Gasteiger partial charge in [-0.25, -0.2) is 15.0 Å². The average Bonchev–Trinajstić information content (AvgIpc) is 2.21. The standard InChI is InChI=1S/C10H8N3/c1-2-4-9(5-3-1)6-10-12-7-11-8-13-10/h1-5,7H,6H2. The fourth-order valence-electron chi connectivity index (χ4n) is 1.10. The molecule has 0 N–H and O–H groups in total. The minimum atomic E-state index is 0.736. The van der Waals surface area contributed by atoms with Crippen LogP contribution in [-0.4, -0.2) is 15.0 Å². The first-order valence-electron chi connectivity index (χ1n) is 4.03. The zero-order valence-electron chi connectivity index (χ0n) is 7.01. The summed E-state index contributed by atoms with van der Waals surface area (Å²) in [5, 5.41) is 0. The fraction of sp³-hybridized carbons (Fsp3) is 0.100. The SMILES string of the molecule is [c]1ncnc(Cc2ccccc2)n1. The van der Waals surface area contributed by atoms with Crippen LogP contribution in [0.3, 0.4) is 0 Å². The summed E-state index contributed by atoms with van der Waals surface area (Å²) < 4.78 is 0. The van der Waals surface area contributed by atoms with Gasteiger partial charge in [0.2, 0.25) is 6.33 Å². The average molecular weight is 170 g/mol. The molecule has 1 aromatic heterocycles. The first-order chi connectivity index (χ1) is 6.45. The van der Waals surface area contributed by atoms with Crippen molar-refractivity contribution in [2.75, 3.05) is 0 Å². The zero-order valence-corrected chi connectivity index (χ0v) is 7.01. The van der Waals surface area contributed by atoms with Crippen molar-refractivity contribution in [2.45, 2.75) is 6.42 Å². The van der Waals surface area contributed by atoms with E-state index in [1.54, 1.807) is 0 Å². The van der Waals surface area contributed by atoms with Crippen LogP contribution in [0.4, 0.5) is 0 Å². The number of benzene rings is 1. The van der Waals surface area contributed by atoms with E-state index >= 15 is 0 Å². The van der Waals surface area contributed by atoms with Gasteiger partial charge in [-0.15, -0.1) is 0 Å². The van der Waals surface area contributed by atoms with Crippen molar-refractivity contribution >= 4 is 0 Å². The van der Waals surface area contributed by atoms with Gasteiger partial charge in [-0.05, 0) is 5.56 Å². The predicted octanol–water partition coefficient (Wildman–Crippen LogP) is 1.26. The van der Waals surface area contributed by atoms with E-state index in [0.29, 0.717) is 0 Å². The zero-order chi connectivity index (χ0) is 8.93. The molecule has 0 saturated heterocycles. The summed E-state index contributed by atoms with van der Waals surface area (Å²) in [6.07, 6.45) is 4.72. The van der Waals surface area contributed by atoms with Crippen LogP contribution in [0, 0.1) is 6.33 Å². The summed E-state index contributed by atoms with van der Waals surface area (Å²) in [7, 11) is 0. The Bertz CT molecular complexity index is 321. The van der Waals surface area contributed by atoms with Crippen LogP contribution in [0.25, 0.3) is 0 Å². The first kappa shape index (κ1) is 7.86. The molecule has 1 heterocycles. The van der Waals surface area contributed by atoms with Crippen LogP contribution in [0.15, 0.2) is 36.7 Å². The van der Waals surface area contributed by atoms with Crippen molar-refractivity contribution in [3.63, 3.8) is 0 Å². The lowest BCUT2D eigenvalue weighted by atomic mass is 10.1. The van der Waals surface area contributed by atoms with E-state index in [-0.39, 0.29) is 0 Å². The third-order valence-corrected chi connectivity index (χ3v) is 1.71. The van der Waals surface area contributed by atoms with E-state index in [4.69, 9.17) is 0 Å². The Kier molecular flexibility index (Phi) is 2.27. The van der Waals surface area contributed by atoms with Gasteiger partial charge in [-0.2, -0.15) is 0 Å². The number of nitrogens with zero attached hydrogens (tertiary/aromatic N) is 3. The summed E-state index contributed by atoms with van der Waals surface area (Å²) >= 11 is 0. The van der Waals surface area contributed by atoms with Gasteiger partial charge in [0.1, 0.15) is 12.2 Å². The molecule has 0 unspecified atom stereocenters. The molecule has 0 bridgehead atoms. The molecule has 0 aliphatic heterocycles. The number of hydrogen-bond donors (Lipinski definition) is 0. The Balaban J connectivity index is 2.16. The normalized spacial score (nSPS) is 9.85. The monoisotopic (exact) mass is 170 g/mol. The van der Waals surface area contributed by atoms with Gasteiger partial charge in [-0.3, -0.25) is 0 Å². The van der Waals surface area contributed by atoms with E-state index in [0.717, 1.165) is 12.2 Å². The molecule has 2 rings (SSSR count). The maximum absolute atomic E-state index is 4.02.